The topological polar surface area (TPSA) is 34.4 Å². The van der Waals surface area contributed by atoms with E-state index in [1.165, 1.54) is 12.8 Å². The molecule has 3 nitrogen and oxygen atoms in total. The van der Waals surface area contributed by atoms with Crippen molar-refractivity contribution in [3.8, 4) is 5.75 Å². The molecule has 0 radical (unpaired) electrons. The number of hydrogen-bond acceptors (Lipinski definition) is 3. The van der Waals surface area contributed by atoms with Gasteiger partial charge >= 0.3 is 0 Å². The van der Waals surface area contributed by atoms with Crippen molar-refractivity contribution in [2.24, 2.45) is 0 Å². The molecule has 0 saturated heterocycles. The van der Waals surface area contributed by atoms with E-state index in [0.29, 0.717) is 11.3 Å². The first kappa shape index (κ1) is 12.6. The van der Waals surface area contributed by atoms with Gasteiger partial charge in [0.05, 0.1) is 12.1 Å². The minimum absolute atomic E-state index is 0.00229. The Hall–Kier alpha value is -1.45. The summed E-state index contributed by atoms with van der Waals surface area (Å²) >= 11 is 5.82. The highest BCUT2D eigenvalue weighted by atomic mass is 35.5. The Kier molecular flexibility index (Phi) is 3.49. The van der Waals surface area contributed by atoms with Gasteiger partial charge in [-0.1, -0.05) is 12.1 Å². The van der Waals surface area contributed by atoms with Gasteiger partial charge in [-0.25, -0.2) is 0 Å². The molecule has 1 heterocycles. The Labute approximate surface area is 117 Å². The fourth-order valence-corrected chi connectivity index (χ4v) is 2.23. The van der Waals surface area contributed by atoms with E-state index in [1.807, 2.05) is 25.2 Å². The smallest absolute Gasteiger partial charge is 0.193 e. The Morgan fingerprint density at radius 1 is 1.21 bits per heavy atom. The van der Waals surface area contributed by atoms with Crippen LogP contribution in [0.4, 0.5) is 0 Å². The van der Waals surface area contributed by atoms with Gasteiger partial charge in [-0.15, -0.1) is 0 Å². The van der Waals surface area contributed by atoms with Crippen molar-refractivity contribution in [2.75, 3.05) is 7.05 Å². The van der Waals surface area contributed by atoms with Gasteiger partial charge in [-0.05, 0) is 61.3 Å². The van der Waals surface area contributed by atoms with Gasteiger partial charge in [0, 0.05) is 0 Å². The van der Waals surface area contributed by atoms with E-state index in [4.69, 9.17) is 20.8 Å². The van der Waals surface area contributed by atoms with Crippen molar-refractivity contribution >= 4 is 11.6 Å². The van der Waals surface area contributed by atoms with Crippen LogP contribution in [0.15, 0.2) is 40.8 Å². The van der Waals surface area contributed by atoms with Crippen LogP contribution in [0.5, 0.6) is 5.75 Å². The maximum absolute atomic E-state index is 5.82. The molecule has 0 amide bonds. The molecule has 1 aliphatic rings. The van der Waals surface area contributed by atoms with Gasteiger partial charge in [-0.3, -0.25) is 0 Å². The lowest BCUT2D eigenvalue weighted by molar-refractivity contribution is 0.303. The molecule has 1 saturated carbocycles. The lowest BCUT2D eigenvalue weighted by Gasteiger charge is -2.14. The number of benzene rings is 1. The van der Waals surface area contributed by atoms with Crippen molar-refractivity contribution in [2.45, 2.75) is 25.0 Å². The van der Waals surface area contributed by atoms with Gasteiger partial charge in [0.25, 0.3) is 0 Å². The second kappa shape index (κ2) is 5.27. The van der Waals surface area contributed by atoms with Gasteiger partial charge in [0.1, 0.15) is 11.5 Å². The highest BCUT2D eigenvalue weighted by Gasteiger charge is 2.23. The predicted octanol–water partition coefficient (Wildman–Crippen LogP) is 3.78. The summed E-state index contributed by atoms with van der Waals surface area (Å²) in [6, 6.07) is 11.8. The van der Waals surface area contributed by atoms with Crippen molar-refractivity contribution in [3.63, 3.8) is 0 Å². The lowest BCUT2D eigenvalue weighted by Crippen LogP contribution is -2.16. The lowest BCUT2D eigenvalue weighted by atomic mass is 10.0. The van der Waals surface area contributed by atoms with Crippen LogP contribution >= 0.6 is 11.6 Å². The summed E-state index contributed by atoms with van der Waals surface area (Å²) in [5.74, 6) is 1.74. The predicted molar refractivity (Wildman–Crippen MR) is 74.7 cm³/mol. The Bertz CT molecular complexity index is 546. The number of rotatable bonds is 5. The quantitative estimate of drug-likeness (QED) is 0.903. The molecular formula is C15H16ClNO2. The molecule has 19 heavy (non-hydrogen) atoms. The first-order chi connectivity index (χ1) is 9.26. The molecule has 1 atom stereocenters. The minimum atomic E-state index is 0.00229. The molecule has 1 aromatic carbocycles. The zero-order valence-corrected chi connectivity index (χ0v) is 11.5. The molecule has 1 N–H and O–H groups in total. The first-order valence-electron chi connectivity index (χ1n) is 6.45. The summed E-state index contributed by atoms with van der Waals surface area (Å²) in [6.45, 7) is 0. The fraction of sp³-hybridized carbons (Fsp3) is 0.333. The highest BCUT2D eigenvalue weighted by molar-refractivity contribution is 6.28. The summed E-state index contributed by atoms with van der Waals surface area (Å²) in [5, 5.41) is 3.63. The number of furan rings is 1. The average molecular weight is 278 g/mol. The third kappa shape index (κ3) is 2.94. The normalized spacial score (nSPS) is 16.3. The number of ether oxygens (including phenoxy) is 1. The number of nitrogens with one attached hydrogen (secondary N) is 1. The van der Waals surface area contributed by atoms with E-state index < -0.39 is 0 Å². The van der Waals surface area contributed by atoms with E-state index in [2.05, 4.69) is 17.4 Å². The van der Waals surface area contributed by atoms with E-state index in [9.17, 15) is 0 Å². The Morgan fingerprint density at radius 3 is 2.47 bits per heavy atom. The molecule has 3 rings (SSSR count). The van der Waals surface area contributed by atoms with Crippen LogP contribution in [0.2, 0.25) is 5.22 Å². The third-order valence-electron chi connectivity index (χ3n) is 3.21. The van der Waals surface area contributed by atoms with Crippen LogP contribution < -0.4 is 10.1 Å². The average Bonchev–Trinajstić information content (AvgIpc) is 3.13. The van der Waals surface area contributed by atoms with Crippen LogP contribution in [0.25, 0.3) is 0 Å². The number of hydrogen-bond donors (Lipinski definition) is 1. The van der Waals surface area contributed by atoms with Gasteiger partial charge in [0.15, 0.2) is 5.22 Å². The standard InChI is InChI=1S/C15H16ClNO2/c1-17-15(13-8-9-14(16)19-13)10-2-4-11(5-3-10)18-12-6-7-12/h2-5,8-9,12,15,17H,6-7H2,1H3. The maximum Gasteiger partial charge on any atom is 0.193 e. The molecule has 2 aromatic rings. The van der Waals surface area contributed by atoms with Crippen LogP contribution in [-0.4, -0.2) is 13.2 Å². The third-order valence-corrected chi connectivity index (χ3v) is 3.41. The zero-order valence-electron chi connectivity index (χ0n) is 10.7. The highest BCUT2D eigenvalue weighted by Crippen LogP contribution is 2.29. The summed E-state index contributed by atoms with van der Waals surface area (Å²) in [7, 11) is 1.90. The molecule has 1 aromatic heterocycles. The van der Waals surface area contributed by atoms with Crippen molar-refractivity contribution in [3.05, 3.63) is 52.9 Å². The Balaban J connectivity index is 1.78. The molecule has 1 fully saturated rings. The monoisotopic (exact) mass is 277 g/mol. The summed E-state index contributed by atoms with van der Waals surface area (Å²) in [6.07, 6.45) is 2.77. The molecule has 100 valence electrons. The van der Waals surface area contributed by atoms with Crippen molar-refractivity contribution in [1.29, 1.82) is 0 Å². The van der Waals surface area contributed by atoms with Crippen LogP contribution in [0, 0.1) is 0 Å². The molecule has 0 spiro atoms. The maximum atomic E-state index is 5.82. The van der Waals surface area contributed by atoms with Gasteiger partial charge in [-0.2, -0.15) is 0 Å². The van der Waals surface area contributed by atoms with E-state index in [0.717, 1.165) is 17.1 Å². The van der Waals surface area contributed by atoms with Crippen molar-refractivity contribution < 1.29 is 9.15 Å². The fourth-order valence-electron chi connectivity index (χ4n) is 2.07. The number of halogens is 1. The molecular weight excluding hydrogens is 262 g/mol. The first-order valence-corrected chi connectivity index (χ1v) is 6.83. The SMILES string of the molecule is CNC(c1ccc(OC2CC2)cc1)c1ccc(Cl)o1. The second-order valence-corrected chi connectivity index (χ2v) is 5.12. The van der Waals surface area contributed by atoms with Crippen LogP contribution in [0.3, 0.4) is 0 Å². The second-order valence-electron chi connectivity index (χ2n) is 4.75. The summed E-state index contributed by atoms with van der Waals surface area (Å²) in [5.41, 5.74) is 1.12. The molecule has 1 unspecified atom stereocenters. The molecule has 0 bridgehead atoms. The molecule has 4 heteroatoms. The molecule has 0 aliphatic heterocycles. The van der Waals surface area contributed by atoms with Crippen LogP contribution in [0.1, 0.15) is 30.2 Å². The van der Waals surface area contributed by atoms with E-state index in [-0.39, 0.29) is 6.04 Å². The van der Waals surface area contributed by atoms with E-state index in [1.54, 1.807) is 6.07 Å². The van der Waals surface area contributed by atoms with Gasteiger partial charge < -0.3 is 14.5 Å². The summed E-state index contributed by atoms with van der Waals surface area (Å²) < 4.78 is 11.2. The van der Waals surface area contributed by atoms with E-state index >= 15 is 0 Å². The van der Waals surface area contributed by atoms with Gasteiger partial charge in [0.2, 0.25) is 0 Å². The largest absolute Gasteiger partial charge is 0.490 e. The minimum Gasteiger partial charge on any atom is -0.490 e. The van der Waals surface area contributed by atoms with Crippen molar-refractivity contribution in [1.82, 2.24) is 5.32 Å². The molecule has 1 aliphatic carbocycles. The Morgan fingerprint density at radius 2 is 1.95 bits per heavy atom. The summed E-state index contributed by atoms with van der Waals surface area (Å²) in [4.78, 5) is 0. The zero-order chi connectivity index (χ0) is 13.2. The van der Waals surface area contributed by atoms with Crippen LogP contribution in [-0.2, 0) is 0 Å².